The van der Waals surface area contributed by atoms with Gasteiger partial charge in [0.1, 0.15) is 5.82 Å². The van der Waals surface area contributed by atoms with Gasteiger partial charge in [0.25, 0.3) is 0 Å². The monoisotopic (exact) mass is 236 g/mol. The highest BCUT2D eigenvalue weighted by Crippen LogP contribution is 2.36. The molecule has 1 amide bonds. The van der Waals surface area contributed by atoms with Gasteiger partial charge in [0.2, 0.25) is 5.91 Å². The minimum Gasteiger partial charge on any atom is -0.337 e. The molecule has 0 radical (unpaired) electrons. The Hall–Kier alpha value is -1.42. The second-order valence-electron chi connectivity index (χ2n) is 4.77. The van der Waals surface area contributed by atoms with Gasteiger partial charge in [-0.15, -0.1) is 0 Å². The third-order valence-electron chi connectivity index (χ3n) is 3.47. The Morgan fingerprint density at radius 3 is 2.59 bits per heavy atom. The topological polar surface area (TPSA) is 46.3 Å². The van der Waals surface area contributed by atoms with Crippen molar-refractivity contribution in [3.63, 3.8) is 0 Å². The van der Waals surface area contributed by atoms with Crippen LogP contribution in [0.3, 0.4) is 0 Å². The first kappa shape index (κ1) is 12.0. The Morgan fingerprint density at radius 1 is 1.47 bits per heavy atom. The third kappa shape index (κ3) is 2.17. The van der Waals surface area contributed by atoms with Crippen molar-refractivity contribution in [3.05, 3.63) is 35.6 Å². The molecule has 2 rings (SSSR count). The van der Waals surface area contributed by atoms with Crippen molar-refractivity contribution in [2.45, 2.75) is 31.3 Å². The Morgan fingerprint density at radius 2 is 2.06 bits per heavy atom. The summed E-state index contributed by atoms with van der Waals surface area (Å²) in [6.45, 7) is 1.81. The average molecular weight is 236 g/mol. The first-order valence-corrected chi connectivity index (χ1v) is 5.76. The van der Waals surface area contributed by atoms with E-state index in [-0.39, 0.29) is 17.8 Å². The maximum atomic E-state index is 13.6. The van der Waals surface area contributed by atoms with Crippen LogP contribution < -0.4 is 5.73 Å². The highest BCUT2D eigenvalue weighted by molar-refractivity contribution is 5.89. The average Bonchev–Trinajstić information content (AvgIpc) is 3.06. The zero-order valence-electron chi connectivity index (χ0n) is 10.1. The lowest BCUT2D eigenvalue weighted by molar-refractivity contribution is -0.134. The summed E-state index contributed by atoms with van der Waals surface area (Å²) >= 11 is 0. The summed E-state index contributed by atoms with van der Waals surface area (Å²) in [5, 5.41) is 0. The summed E-state index contributed by atoms with van der Waals surface area (Å²) in [4.78, 5) is 13.6. The fourth-order valence-electron chi connectivity index (χ4n) is 1.90. The number of rotatable bonds is 3. The number of hydrogen-bond acceptors (Lipinski definition) is 2. The molecular formula is C13H17FN2O. The van der Waals surface area contributed by atoms with Crippen LogP contribution >= 0.6 is 0 Å². The Bertz CT molecular complexity index is 443. The Balaban J connectivity index is 2.17. The van der Waals surface area contributed by atoms with Crippen molar-refractivity contribution >= 4 is 5.91 Å². The third-order valence-corrected chi connectivity index (χ3v) is 3.47. The van der Waals surface area contributed by atoms with Crippen LogP contribution in [0.5, 0.6) is 0 Å². The lowest BCUT2D eigenvalue weighted by Crippen LogP contribution is -2.44. The van der Waals surface area contributed by atoms with E-state index in [2.05, 4.69) is 0 Å². The number of nitrogens with zero attached hydrogens (tertiary/aromatic N) is 1. The summed E-state index contributed by atoms with van der Waals surface area (Å²) in [6, 6.07) is 6.20. The van der Waals surface area contributed by atoms with Crippen LogP contribution in [0, 0.1) is 5.82 Å². The summed E-state index contributed by atoms with van der Waals surface area (Å²) < 4.78 is 13.6. The second-order valence-corrected chi connectivity index (χ2v) is 4.77. The first-order valence-electron chi connectivity index (χ1n) is 5.76. The van der Waals surface area contributed by atoms with Gasteiger partial charge in [-0.05, 0) is 25.8 Å². The molecule has 0 saturated heterocycles. The van der Waals surface area contributed by atoms with E-state index < -0.39 is 5.54 Å². The lowest BCUT2D eigenvalue weighted by Gasteiger charge is -2.28. The molecule has 0 spiro atoms. The SMILES string of the molecule is CC(c1ccccc1F)N(C)C(=O)C1(N)CC1. The van der Waals surface area contributed by atoms with Crippen LogP contribution in [0.15, 0.2) is 24.3 Å². The van der Waals surface area contributed by atoms with Gasteiger partial charge in [0.15, 0.2) is 0 Å². The van der Waals surface area contributed by atoms with E-state index in [4.69, 9.17) is 5.73 Å². The molecule has 1 unspecified atom stereocenters. The number of halogens is 1. The zero-order chi connectivity index (χ0) is 12.6. The van der Waals surface area contributed by atoms with Crippen LogP contribution in [0.25, 0.3) is 0 Å². The summed E-state index contributed by atoms with van der Waals surface area (Å²) in [6.07, 6.45) is 1.44. The molecule has 1 saturated carbocycles. The summed E-state index contributed by atoms with van der Waals surface area (Å²) in [7, 11) is 1.67. The van der Waals surface area contributed by atoms with Gasteiger partial charge in [-0.2, -0.15) is 0 Å². The van der Waals surface area contributed by atoms with Gasteiger partial charge in [-0.25, -0.2) is 4.39 Å². The number of carbonyl (C=O) groups excluding carboxylic acids is 1. The van der Waals surface area contributed by atoms with E-state index in [0.717, 1.165) is 12.8 Å². The molecule has 1 aromatic carbocycles. The molecule has 1 aliphatic carbocycles. The quantitative estimate of drug-likeness (QED) is 0.870. The molecule has 2 N–H and O–H groups in total. The second kappa shape index (κ2) is 4.11. The largest absolute Gasteiger partial charge is 0.337 e. The highest BCUT2D eigenvalue weighted by Gasteiger charge is 2.48. The van der Waals surface area contributed by atoms with Crippen molar-refractivity contribution in [3.8, 4) is 0 Å². The molecular weight excluding hydrogens is 219 g/mol. The number of hydrogen-bond donors (Lipinski definition) is 1. The Labute approximate surface area is 100 Å². The molecule has 1 aliphatic rings. The van der Waals surface area contributed by atoms with Crippen LogP contribution in [0.4, 0.5) is 4.39 Å². The summed E-state index contributed by atoms with van der Waals surface area (Å²) in [5.74, 6) is -0.394. The maximum Gasteiger partial charge on any atom is 0.242 e. The smallest absolute Gasteiger partial charge is 0.242 e. The van der Waals surface area contributed by atoms with Crippen molar-refractivity contribution < 1.29 is 9.18 Å². The minimum atomic E-state index is -0.700. The van der Waals surface area contributed by atoms with Crippen molar-refractivity contribution in [2.75, 3.05) is 7.05 Å². The minimum absolute atomic E-state index is 0.103. The molecule has 1 atom stereocenters. The molecule has 0 aromatic heterocycles. The van der Waals surface area contributed by atoms with Crippen LogP contribution in [-0.2, 0) is 4.79 Å². The van der Waals surface area contributed by atoms with E-state index >= 15 is 0 Å². The van der Waals surface area contributed by atoms with E-state index in [9.17, 15) is 9.18 Å². The fraction of sp³-hybridized carbons (Fsp3) is 0.462. The van der Waals surface area contributed by atoms with Crippen molar-refractivity contribution in [1.82, 2.24) is 4.90 Å². The zero-order valence-corrected chi connectivity index (χ0v) is 10.1. The predicted molar refractivity (Wildman–Crippen MR) is 63.7 cm³/mol. The standard InChI is InChI=1S/C13H17FN2O/c1-9(10-5-3-4-6-11(10)14)16(2)12(17)13(15)7-8-13/h3-6,9H,7-8,15H2,1-2H3. The van der Waals surface area contributed by atoms with Gasteiger partial charge < -0.3 is 10.6 Å². The van der Waals surface area contributed by atoms with Crippen LogP contribution in [0.1, 0.15) is 31.4 Å². The van der Waals surface area contributed by atoms with Crippen molar-refractivity contribution in [2.24, 2.45) is 5.73 Å². The number of likely N-dealkylation sites (N-methyl/N-ethyl adjacent to an activating group) is 1. The van der Waals surface area contributed by atoms with Crippen LogP contribution in [-0.4, -0.2) is 23.4 Å². The lowest BCUT2D eigenvalue weighted by atomic mass is 10.1. The molecule has 0 aliphatic heterocycles. The van der Waals surface area contributed by atoms with Gasteiger partial charge in [0.05, 0.1) is 11.6 Å². The molecule has 0 bridgehead atoms. The fourth-order valence-corrected chi connectivity index (χ4v) is 1.90. The van der Waals surface area contributed by atoms with E-state index in [1.807, 2.05) is 6.92 Å². The molecule has 0 heterocycles. The Kier molecular flexibility index (Phi) is 2.91. The number of amides is 1. The number of carbonyl (C=O) groups is 1. The van der Waals surface area contributed by atoms with E-state index in [0.29, 0.717) is 5.56 Å². The predicted octanol–water partition coefficient (Wildman–Crippen LogP) is 1.84. The van der Waals surface area contributed by atoms with E-state index in [1.165, 1.54) is 11.0 Å². The van der Waals surface area contributed by atoms with E-state index in [1.54, 1.807) is 25.2 Å². The molecule has 92 valence electrons. The number of nitrogens with two attached hydrogens (primary N) is 1. The highest BCUT2D eigenvalue weighted by atomic mass is 19.1. The van der Waals surface area contributed by atoms with Gasteiger partial charge in [0, 0.05) is 12.6 Å². The van der Waals surface area contributed by atoms with Gasteiger partial charge in [-0.1, -0.05) is 18.2 Å². The molecule has 1 fully saturated rings. The van der Waals surface area contributed by atoms with Crippen LogP contribution in [0.2, 0.25) is 0 Å². The van der Waals surface area contributed by atoms with Gasteiger partial charge >= 0.3 is 0 Å². The number of benzene rings is 1. The molecule has 3 nitrogen and oxygen atoms in total. The van der Waals surface area contributed by atoms with Gasteiger partial charge in [-0.3, -0.25) is 4.79 Å². The summed E-state index contributed by atoms with van der Waals surface area (Å²) in [5.41, 5.74) is 5.68. The normalized spacial score (nSPS) is 18.6. The molecule has 1 aromatic rings. The molecule has 4 heteroatoms. The first-order chi connectivity index (χ1) is 7.96. The molecule has 17 heavy (non-hydrogen) atoms. The maximum absolute atomic E-state index is 13.6. The van der Waals surface area contributed by atoms with Crippen molar-refractivity contribution in [1.29, 1.82) is 0 Å².